The Morgan fingerprint density at radius 1 is 1.15 bits per heavy atom. The number of anilines is 1. The van der Waals surface area contributed by atoms with Crippen molar-refractivity contribution in [2.75, 3.05) is 30.3 Å². The van der Waals surface area contributed by atoms with Crippen molar-refractivity contribution in [2.24, 2.45) is 0 Å². The van der Waals surface area contributed by atoms with Crippen LogP contribution >= 0.6 is 0 Å². The van der Waals surface area contributed by atoms with Gasteiger partial charge in [0, 0.05) is 0 Å². The SMILES string of the molecule is Cc1ccc(C)c(N(CC(=O)NCCOc2ccc(F)cc2)S(C)(=O)=O)c1. The summed E-state index contributed by atoms with van der Waals surface area (Å²) in [6.45, 7) is 3.71. The number of aryl methyl sites for hydroxylation is 2. The molecule has 0 aromatic heterocycles. The number of rotatable bonds is 8. The summed E-state index contributed by atoms with van der Waals surface area (Å²) in [4.78, 5) is 12.2. The van der Waals surface area contributed by atoms with E-state index in [9.17, 15) is 17.6 Å². The quantitative estimate of drug-likeness (QED) is 0.698. The number of halogens is 1. The maximum absolute atomic E-state index is 12.8. The van der Waals surface area contributed by atoms with Crippen LogP contribution in [-0.4, -0.2) is 40.3 Å². The largest absolute Gasteiger partial charge is 0.492 e. The Labute approximate surface area is 159 Å². The Kier molecular flexibility index (Phi) is 6.79. The van der Waals surface area contributed by atoms with Gasteiger partial charge in [-0.2, -0.15) is 0 Å². The molecule has 2 aromatic rings. The molecule has 6 nitrogen and oxygen atoms in total. The summed E-state index contributed by atoms with van der Waals surface area (Å²) < 4.78 is 43.6. The van der Waals surface area contributed by atoms with E-state index in [1.807, 2.05) is 19.1 Å². The fourth-order valence-corrected chi connectivity index (χ4v) is 3.35. The number of nitrogens with one attached hydrogen (secondary N) is 1. The Morgan fingerprint density at radius 2 is 1.81 bits per heavy atom. The molecule has 27 heavy (non-hydrogen) atoms. The van der Waals surface area contributed by atoms with Gasteiger partial charge in [-0.1, -0.05) is 12.1 Å². The second-order valence-electron chi connectivity index (χ2n) is 6.21. The zero-order chi connectivity index (χ0) is 20.0. The molecule has 0 unspecified atom stereocenters. The Bertz CT molecular complexity index is 898. The minimum atomic E-state index is -3.62. The van der Waals surface area contributed by atoms with Crippen LogP contribution in [0.5, 0.6) is 5.75 Å². The molecule has 0 atom stereocenters. The van der Waals surface area contributed by atoms with Gasteiger partial charge in [0.25, 0.3) is 0 Å². The minimum Gasteiger partial charge on any atom is -0.492 e. The average molecular weight is 394 g/mol. The van der Waals surface area contributed by atoms with E-state index in [0.717, 1.165) is 21.7 Å². The van der Waals surface area contributed by atoms with Crippen LogP contribution in [0.25, 0.3) is 0 Å². The molecule has 0 heterocycles. The molecule has 8 heteroatoms. The van der Waals surface area contributed by atoms with Gasteiger partial charge in [0.1, 0.15) is 24.7 Å². The third-order valence-electron chi connectivity index (χ3n) is 3.83. The molecule has 1 N–H and O–H groups in total. The van der Waals surface area contributed by atoms with Crippen molar-refractivity contribution in [3.63, 3.8) is 0 Å². The van der Waals surface area contributed by atoms with Gasteiger partial charge >= 0.3 is 0 Å². The number of sulfonamides is 1. The van der Waals surface area contributed by atoms with Gasteiger partial charge in [-0.25, -0.2) is 12.8 Å². The first-order chi connectivity index (χ1) is 12.7. The fraction of sp³-hybridized carbons (Fsp3) is 0.316. The van der Waals surface area contributed by atoms with E-state index in [4.69, 9.17) is 4.74 Å². The molecule has 0 saturated heterocycles. The summed E-state index contributed by atoms with van der Waals surface area (Å²) in [7, 11) is -3.62. The fourth-order valence-electron chi connectivity index (χ4n) is 2.45. The standard InChI is InChI=1S/C19H23FN2O4S/c1-14-4-5-15(2)18(12-14)22(27(3,24)25)13-19(23)21-10-11-26-17-8-6-16(20)7-9-17/h4-9,12H,10-11,13H2,1-3H3,(H,21,23). The zero-order valence-electron chi connectivity index (χ0n) is 15.5. The first-order valence-electron chi connectivity index (χ1n) is 8.37. The second kappa shape index (κ2) is 8.85. The van der Waals surface area contributed by atoms with E-state index in [0.29, 0.717) is 11.4 Å². The van der Waals surface area contributed by atoms with Gasteiger partial charge in [0.05, 0.1) is 18.5 Å². The van der Waals surface area contributed by atoms with Crippen LogP contribution in [-0.2, 0) is 14.8 Å². The number of ether oxygens (including phenoxy) is 1. The highest BCUT2D eigenvalue weighted by Gasteiger charge is 2.22. The highest BCUT2D eigenvalue weighted by atomic mass is 32.2. The van der Waals surface area contributed by atoms with E-state index in [2.05, 4.69) is 5.32 Å². The summed E-state index contributed by atoms with van der Waals surface area (Å²) in [5.74, 6) is -0.314. The van der Waals surface area contributed by atoms with Crippen LogP contribution in [0.4, 0.5) is 10.1 Å². The average Bonchev–Trinajstić information content (AvgIpc) is 2.59. The van der Waals surface area contributed by atoms with E-state index in [1.54, 1.807) is 13.0 Å². The van der Waals surface area contributed by atoms with Crippen molar-refractivity contribution in [3.05, 3.63) is 59.4 Å². The monoisotopic (exact) mass is 394 g/mol. The maximum Gasteiger partial charge on any atom is 0.240 e. The highest BCUT2D eigenvalue weighted by Crippen LogP contribution is 2.23. The predicted molar refractivity (Wildman–Crippen MR) is 103 cm³/mol. The second-order valence-corrected chi connectivity index (χ2v) is 8.12. The van der Waals surface area contributed by atoms with Crippen molar-refractivity contribution >= 4 is 21.6 Å². The number of nitrogens with zero attached hydrogens (tertiary/aromatic N) is 1. The molecule has 146 valence electrons. The summed E-state index contributed by atoms with van der Waals surface area (Å²) >= 11 is 0. The zero-order valence-corrected chi connectivity index (χ0v) is 16.3. The summed E-state index contributed by atoms with van der Waals surface area (Å²) in [6.07, 6.45) is 1.07. The van der Waals surface area contributed by atoms with Gasteiger partial charge in [-0.15, -0.1) is 0 Å². The minimum absolute atomic E-state index is 0.180. The molecule has 0 radical (unpaired) electrons. The van der Waals surface area contributed by atoms with Crippen LogP contribution in [0, 0.1) is 19.7 Å². The molecule has 1 amide bonds. The number of carbonyl (C=O) groups excluding carboxylic acids is 1. The van der Waals surface area contributed by atoms with E-state index >= 15 is 0 Å². The van der Waals surface area contributed by atoms with Crippen molar-refractivity contribution in [1.82, 2.24) is 5.32 Å². The molecule has 0 aliphatic heterocycles. The van der Waals surface area contributed by atoms with Crippen LogP contribution in [0.2, 0.25) is 0 Å². The van der Waals surface area contributed by atoms with Crippen LogP contribution in [0.3, 0.4) is 0 Å². The molecule has 0 fully saturated rings. The smallest absolute Gasteiger partial charge is 0.240 e. The van der Waals surface area contributed by atoms with Gasteiger partial charge < -0.3 is 10.1 Å². The van der Waals surface area contributed by atoms with Gasteiger partial charge in [-0.05, 0) is 55.3 Å². The van der Waals surface area contributed by atoms with Gasteiger partial charge in [-0.3, -0.25) is 9.10 Å². The lowest BCUT2D eigenvalue weighted by Crippen LogP contribution is -2.41. The lowest BCUT2D eigenvalue weighted by atomic mass is 10.1. The van der Waals surface area contributed by atoms with Crippen molar-refractivity contribution in [3.8, 4) is 5.75 Å². The molecule has 0 bridgehead atoms. The van der Waals surface area contributed by atoms with Gasteiger partial charge in [0.2, 0.25) is 15.9 Å². The normalized spacial score (nSPS) is 11.1. The molecule has 0 saturated carbocycles. The van der Waals surface area contributed by atoms with Crippen LogP contribution < -0.4 is 14.4 Å². The summed E-state index contributed by atoms with van der Waals surface area (Å²) in [5.41, 5.74) is 2.14. The van der Waals surface area contributed by atoms with Crippen molar-refractivity contribution < 1.29 is 22.3 Å². The number of benzene rings is 2. The van der Waals surface area contributed by atoms with E-state index in [-0.39, 0.29) is 25.5 Å². The third-order valence-corrected chi connectivity index (χ3v) is 4.95. The molecule has 0 aliphatic carbocycles. The van der Waals surface area contributed by atoms with E-state index in [1.165, 1.54) is 24.3 Å². The molecular weight excluding hydrogens is 371 g/mol. The Balaban J connectivity index is 1.94. The lowest BCUT2D eigenvalue weighted by Gasteiger charge is -2.24. The van der Waals surface area contributed by atoms with Crippen molar-refractivity contribution in [1.29, 1.82) is 0 Å². The molecule has 0 spiro atoms. The highest BCUT2D eigenvalue weighted by molar-refractivity contribution is 7.92. The van der Waals surface area contributed by atoms with Crippen LogP contribution in [0.15, 0.2) is 42.5 Å². The number of hydrogen-bond donors (Lipinski definition) is 1. The number of hydrogen-bond acceptors (Lipinski definition) is 4. The third kappa shape index (κ3) is 6.25. The van der Waals surface area contributed by atoms with Crippen molar-refractivity contribution in [2.45, 2.75) is 13.8 Å². The number of carbonyl (C=O) groups is 1. The first kappa shape index (κ1) is 20.7. The predicted octanol–water partition coefficient (Wildman–Crippen LogP) is 2.40. The summed E-state index contributed by atoms with van der Waals surface area (Å²) in [6, 6.07) is 11.0. The van der Waals surface area contributed by atoms with Gasteiger partial charge in [0.15, 0.2) is 0 Å². The lowest BCUT2D eigenvalue weighted by molar-refractivity contribution is -0.119. The number of amides is 1. The molecule has 0 aliphatic rings. The summed E-state index contributed by atoms with van der Waals surface area (Å²) in [5, 5.41) is 2.63. The molecular formula is C19H23FN2O4S. The van der Waals surface area contributed by atoms with Crippen LogP contribution in [0.1, 0.15) is 11.1 Å². The van der Waals surface area contributed by atoms with E-state index < -0.39 is 15.9 Å². The first-order valence-corrected chi connectivity index (χ1v) is 10.2. The molecule has 2 rings (SSSR count). The molecule has 2 aromatic carbocycles. The topological polar surface area (TPSA) is 75.7 Å². The maximum atomic E-state index is 12.8. The Hall–Kier alpha value is -2.61. The Morgan fingerprint density at radius 3 is 2.44 bits per heavy atom.